The summed E-state index contributed by atoms with van der Waals surface area (Å²) < 4.78 is 1.87. The van der Waals surface area contributed by atoms with Crippen LogP contribution in [0, 0.1) is 5.92 Å². The highest BCUT2D eigenvalue weighted by Gasteiger charge is 2.30. The van der Waals surface area contributed by atoms with E-state index in [1.807, 2.05) is 22.9 Å². The predicted molar refractivity (Wildman–Crippen MR) is 77.2 cm³/mol. The maximum Gasteiger partial charge on any atom is 0.166 e. The molecule has 0 amide bonds. The van der Waals surface area contributed by atoms with Crippen molar-refractivity contribution in [2.45, 2.75) is 39.5 Å². The van der Waals surface area contributed by atoms with Crippen molar-refractivity contribution >= 4 is 5.78 Å². The maximum absolute atomic E-state index is 12.4. The number of carbonyl (C=O) groups excluding carboxylic acids is 1. The van der Waals surface area contributed by atoms with Crippen LogP contribution in [0.2, 0.25) is 0 Å². The van der Waals surface area contributed by atoms with E-state index in [2.05, 4.69) is 23.9 Å². The fourth-order valence-electron chi connectivity index (χ4n) is 2.92. The van der Waals surface area contributed by atoms with Crippen LogP contribution in [0.25, 0.3) is 5.82 Å². The zero-order valence-corrected chi connectivity index (χ0v) is 12.0. The molecule has 0 radical (unpaired) electrons. The minimum atomic E-state index is 0.240. The summed E-state index contributed by atoms with van der Waals surface area (Å²) >= 11 is 0. The van der Waals surface area contributed by atoms with E-state index in [0.29, 0.717) is 12.3 Å². The first kappa shape index (κ1) is 13.0. The third-order valence-electron chi connectivity index (χ3n) is 3.76. The molecule has 0 spiro atoms. The highest BCUT2D eigenvalue weighted by atomic mass is 16.1. The topological polar surface area (TPSA) is 47.8 Å². The van der Waals surface area contributed by atoms with E-state index in [1.54, 1.807) is 6.20 Å². The van der Waals surface area contributed by atoms with Crippen LogP contribution in [0.4, 0.5) is 0 Å². The van der Waals surface area contributed by atoms with Gasteiger partial charge in [-0.25, -0.2) is 9.67 Å². The van der Waals surface area contributed by atoms with E-state index in [0.717, 1.165) is 42.0 Å². The summed E-state index contributed by atoms with van der Waals surface area (Å²) in [7, 11) is 0. The number of ketones is 1. The fourth-order valence-corrected chi connectivity index (χ4v) is 2.92. The number of hydrogen-bond donors (Lipinski definition) is 0. The molecule has 0 fully saturated rings. The molecular formula is C16H19N3O. The molecule has 0 saturated carbocycles. The number of pyridine rings is 1. The van der Waals surface area contributed by atoms with E-state index in [-0.39, 0.29) is 5.78 Å². The smallest absolute Gasteiger partial charge is 0.166 e. The van der Waals surface area contributed by atoms with Gasteiger partial charge in [-0.3, -0.25) is 4.79 Å². The fraction of sp³-hybridized carbons (Fsp3) is 0.438. The van der Waals surface area contributed by atoms with E-state index >= 15 is 0 Å². The van der Waals surface area contributed by atoms with Crippen molar-refractivity contribution in [2.24, 2.45) is 5.92 Å². The van der Waals surface area contributed by atoms with Crippen LogP contribution >= 0.6 is 0 Å². The van der Waals surface area contributed by atoms with Gasteiger partial charge in [-0.1, -0.05) is 26.3 Å². The van der Waals surface area contributed by atoms with Gasteiger partial charge in [0.15, 0.2) is 11.6 Å². The number of hydrogen-bond acceptors (Lipinski definition) is 3. The molecule has 1 atom stereocenters. The zero-order chi connectivity index (χ0) is 14.1. The van der Waals surface area contributed by atoms with Crippen molar-refractivity contribution in [2.75, 3.05) is 0 Å². The first-order valence-corrected chi connectivity index (χ1v) is 7.26. The first-order valence-electron chi connectivity index (χ1n) is 7.26. The van der Waals surface area contributed by atoms with Crippen molar-refractivity contribution in [1.29, 1.82) is 0 Å². The van der Waals surface area contributed by atoms with Crippen molar-refractivity contribution in [1.82, 2.24) is 14.8 Å². The summed E-state index contributed by atoms with van der Waals surface area (Å²) in [4.78, 5) is 16.7. The minimum Gasteiger partial charge on any atom is -0.294 e. The average molecular weight is 269 g/mol. The quantitative estimate of drug-likeness (QED) is 0.860. The average Bonchev–Trinajstić information content (AvgIpc) is 2.79. The number of nitrogens with zero attached hydrogens (tertiary/aromatic N) is 3. The second-order valence-electron chi connectivity index (χ2n) is 5.55. The number of Topliss-reactive ketones (excluding diaryl/α,β-unsaturated/α-hetero) is 1. The zero-order valence-electron chi connectivity index (χ0n) is 12.0. The van der Waals surface area contributed by atoms with Gasteiger partial charge in [0.25, 0.3) is 0 Å². The molecule has 4 heteroatoms. The summed E-state index contributed by atoms with van der Waals surface area (Å²) in [6, 6.07) is 5.77. The molecule has 0 saturated heterocycles. The molecule has 0 aliphatic heterocycles. The molecule has 4 nitrogen and oxygen atoms in total. The maximum atomic E-state index is 12.4. The highest BCUT2D eigenvalue weighted by Crippen LogP contribution is 2.29. The van der Waals surface area contributed by atoms with Gasteiger partial charge in [0.1, 0.15) is 0 Å². The summed E-state index contributed by atoms with van der Waals surface area (Å²) in [5.41, 5.74) is 2.83. The lowest BCUT2D eigenvalue weighted by Crippen LogP contribution is -2.20. The summed E-state index contributed by atoms with van der Waals surface area (Å²) in [5.74, 6) is 1.42. The minimum absolute atomic E-state index is 0.240. The van der Waals surface area contributed by atoms with E-state index in [9.17, 15) is 4.79 Å². The van der Waals surface area contributed by atoms with Crippen LogP contribution in [0.3, 0.4) is 0 Å². The number of fused-ring (bicyclic) bond motifs is 1. The third-order valence-corrected chi connectivity index (χ3v) is 3.76. The molecule has 1 aliphatic carbocycles. The molecule has 1 aliphatic rings. The number of carbonyl (C=O) groups is 1. The second kappa shape index (κ2) is 5.19. The molecule has 104 valence electrons. The lowest BCUT2D eigenvalue weighted by molar-refractivity contribution is 0.0952. The van der Waals surface area contributed by atoms with Crippen molar-refractivity contribution in [3.05, 3.63) is 41.3 Å². The lowest BCUT2D eigenvalue weighted by Gasteiger charge is -2.18. The van der Waals surface area contributed by atoms with Crippen molar-refractivity contribution < 1.29 is 4.79 Å². The number of rotatable bonds is 3. The SMILES string of the molecule is CCCc1nn(-c2ccccn2)c2c1C(=O)CC(C)C2. The first-order chi connectivity index (χ1) is 9.70. The van der Waals surface area contributed by atoms with E-state index in [4.69, 9.17) is 0 Å². The number of aryl methyl sites for hydroxylation is 1. The number of aromatic nitrogens is 3. The van der Waals surface area contributed by atoms with Crippen molar-refractivity contribution in [3.63, 3.8) is 0 Å². The van der Waals surface area contributed by atoms with Crippen LogP contribution in [-0.2, 0) is 12.8 Å². The lowest BCUT2D eigenvalue weighted by atomic mass is 9.86. The van der Waals surface area contributed by atoms with Crippen LogP contribution < -0.4 is 0 Å². The summed E-state index contributed by atoms with van der Waals surface area (Å²) in [5, 5.41) is 4.67. The van der Waals surface area contributed by atoms with Crippen LogP contribution in [0.15, 0.2) is 24.4 Å². The molecule has 0 aromatic carbocycles. The predicted octanol–water partition coefficient (Wildman–Crippen LogP) is 2.98. The summed E-state index contributed by atoms with van der Waals surface area (Å²) in [6.07, 6.45) is 5.14. The Hall–Kier alpha value is -1.97. The normalized spacial score (nSPS) is 18.1. The van der Waals surface area contributed by atoms with Crippen LogP contribution in [0.5, 0.6) is 0 Å². The van der Waals surface area contributed by atoms with E-state index < -0.39 is 0 Å². The van der Waals surface area contributed by atoms with Gasteiger partial charge in [0.2, 0.25) is 0 Å². The van der Waals surface area contributed by atoms with Gasteiger partial charge in [-0.15, -0.1) is 0 Å². The molecule has 20 heavy (non-hydrogen) atoms. The Labute approximate surface area is 118 Å². The van der Waals surface area contributed by atoms with Gasteiger partial charge < -0.3 is 0 Å². The van der Waals surface area contributed by atoms with Gasteiger partial charge in [-0.05, 0) is 30.9 Å². The van der Waals surface area contributed by atoms with Gasteiger partial charge in [0.05, 0.1) is 17.0 Å². The Morgan fingerprint density at radius 3 is 2.90 bits per heavy atom. The van der Waals surface area contributed by atoms with Crippen LogP contribution in [0.1, 0.15) is 48.4 Å². The Balaban J connectivity index is 2.16. The Bertz CT molecular complexity index is 631. The Morgan fingerprint density at radius 2 is 2.20 bits per heavy atom. The van der Waals surface area contributed by atoms with Crippen molar-refractivity contribution in [3.8, 4) is 5.82 Å². The van der Waals surface area contributed by atoms with Crippen LogP contribution in [-0.4, -0.2) is 20.5 Å². The largest absolute Gasteiger partial charge is 0.294 e. The van der Waals surface area contributed by atoms with Gasteiger partial charge >= 0.3 is 0 Å². The second-order valence-corrected chi connectivity index (χ2v) is 5.55. The third kappa shape index (κ3) is 2.15. The Kier molecular flexibility index (Phi) is 3.38. The molecule has 0 N–H and O–H groups in total. The Morgan fingerprint density at radius 1 is 1.35 bits per heavy atom. The van der Waals surface area contributed by atoms with Gasteiger partial charge in [0, 0.05) is 12.6 Å². The standard InChI is InChI=1S/C16H19N3O/c1-3-6-12-16-13(9-11(2)10-14(16)20)19(18-12)15-7-4-5-8-17-15/h4-5,7-8,11H,3,6,9-10H2,1-2H3. The molecule has 2 aromatic rings. The monoisotopic (exact) mass is 269 g/mol. The molecular weight excluding hydrogens is 250 g/mol. The van der Waals surface area contributed by atoms with E-state index in [1.165, 1.54) is 0 Å². The molecule has 2 aromatic heterocycles. The summed E-state index contributed by atoms with van der Waals surface area (Å²) in [6.45, 7) is 4.23. The van der Waals surface area contributed by atoms with Gasteiger partial charge in [-0.2, -0.15) is 5.10 Å². The molecule has 1 unspecified atom stereocenters. The highest BCUT2D eigenvalue weighted by molar-refractivity contribution is 5.99. The molecule has 0 bridgehead atoms. The molecule has 3 rings (SSSR count). The molecule has 2 heterocycles.